The van der Waals surface area contributed by atoms with E-state index in [4.69, 9.17) is 4.74 Å². The molecule has 2 atom stereocenters. The summed E-state index contributed by atoms with van der Waals surface area (Å²) in [6.45, 7) is 5.47. The van der Waals surface area contributed by atoms with Crippen molar-refractivity contribution < 1.29 is 9.53 Å². The van der Waals surface area contributed by atoms with Gasteiger partial charge in [0.2, 0.25) is 5.91 Å². The fourth-order valence-corrected chi connectivity index (χ4v) is 2.88. The molecule has 3 heterocycles. The Labute approximate surface area is 135 Å². The summed E-state index contributed by atoms with van der Waals surface area (Å²) < 4.78 is 7.86. The molecule has 2 aromatic heterocycles. The summed E-state index contributed by atoms with van der Waals surface area (Å²) >= 11 is 0. The van der Waals surface area contributed by atoms with E-state index in [0.29, 0.717) is 13.0 Å². The highest BCUT2D eigenvalue weighted by Crippen LogP contribution is 2.28. The van der Waals surface area contributed by atoms with E-state index >= 15 is 0 Å². The van der Waals surface area contributed by atoms with Gasteiger partial charge in [0.05, 0.1) is 12.5 Å². The second-order valence-electron chi connectivity index (χ2n) is 5.81. The molecule has 0 bridgehead atoms. The van der Waals surface area contributed by atoms with Crippen LogP contribution in [0, 0.1) is 6.92 Å². The van der Waals surface area contributed by atoms with E-state index < -0.39 is 0 Å². The summed E-state index contributed by atoms with van der Waals surface area (Å²) in [5.41, 5.74) is 1.86. The third-order valence-electron chi connectivity index (χ3n) is 4.12. The molecule has 1 N–H and O–H groups in total. The minimum Gasteiger partial charge on any atom is -0.368 e. The van der Waals surface area contributed by atoms with E-state index in [2.05, 4.69) is 26.8 Å². The maximum Gasteiger partial charge on any atom is 0.224 e. The lowest BCUT2D eigenvalue weighted by Crippen LogP contribution is -2.38. The first-order valence-electron chi connectivity index (χ1n) is 8.01. The van der Waals surface area contributed by atoms with Crippen molar-refractivity contribution in [2.24, 2.45) is 0 Å². The van der Waals surface area contributed by atoms with Crippen molar-refractivity contribution in [2.75, 3.05) is 6.61 Å². The van der Waals surface area contributed by atoms with Gasteiger partial charge in [0, 0.05) is 37.4 Å². The normalized spacial score (nSPS) is 20.6. The minimum atomic E-state index is -0.176. The average molecular weight is 314 g/mol. The Morgan fingerprint density at radius 2 is 2.30 bits per heavy atom. The predicted molar refractivity (Wildman–Crippen MR) is 85.8 cm³/mol. The lowest BCUT2D eigenvalue weighted by molar-refractivity contribution is -0.121. The molecule has 0 aliphatic carbocycles. The summed E-state index contributed by atoms with van der Waals surface area (Å²) in [5, 5.41) is 3.09. The van der Waals surface area contributed by atoms with Crippen LogP contribution in [0.4, 0.5) is 0 Å². The van der Waals surface area contributed by atoms with Crippen molar-refractivity contribution in [1.82, 2.24) is 19.9 Å². The number of pyridine rings is 1. The monoisotopic (exact) mass is 314 g/mol. The van der Waals surface area contributed by atoms with E-state index in [1.54, 1.807) is 12.4 Å². The Morgan fingerprint density at radius 1 is 1.43 bits per heavy atom. The molecular weight excluding hydrogens is 292 g/mol. The van der Waals surface area contributed by atoms with E-state index in [9.17, 15) is 4.79 Å². The second-order valence-corrected chi connectivity index (χ2v) is 5.81. The topological polar surface area (TPSA) is 69.0 Å². The van der Waals surface area contributed by atoms with Crippen LogP contribution in [0.2, 0.25) is 0 Å². The zero-order valence-corrected chi connectivity index (χ0v) is 13.5. The van der Waals surface area contributed by atoms with Crippen molar-refractivity contribution >= 4 is 5.91 Å². The molecule has 1 amide bonds. The number of imidazole rings is 1. The SMILES string of the molecule is CCn1ccnc1[C@H]1OCC[C@@H]1NC(=O)Cc1ccc(C)nc1. The number of rotatable bonds is 5. The van der Waals surface area contributed by atoms with Gasteiger partial charge >= 0.3 is 0 Å². The first-order valence-corrected chi connectivity index (χ1v) is 8.01. The Balaban J connectivity index is 1.64. The third kappa shape index (κ3) is 3.59. The second kappa shape index (κ2) is 6.91. The van der Waals surface area contributed by atoms with Crippen molar-refractivity contribution in [1.29, 1.82) is 0 Å². The fourth-order valence-electron chi connectivity index (χ4n) is 2.88. The molecule has 23 heavy (non-hydrogen) atoms. The highest BCUT2D eigenvalue weighted by Gasteiger charge is 2.33. The molecule has 122 valence electrons. The van der Waals surface area contributed by atoms with Crippen molar-refractivity contribution in [3.05, 3.63) is 47.8 Å². The standard InChI is InChI=1S/C17H22N4O2/c1-3-21-8-7-18-17(21)16-14(6-9-23-16)20-15(22)10-13-5-4-12(2)19-11-13/h4-5,7-8,11,14,16H,3,6,9-10H2,1-2H3,(H,20,22)/t14-,16-/m0/s1. The van der Waals surface area contributed by atoms with Crippen LogP contribution in [0.1, 0.15) is 36.5 Å². The zero-order valence-electron chi connectivity index (χ0n) is 13.5. The van der Waals surface area contributed by atoms with Crippen LogP contribution in [0.5, 0.6) is 0 Å². The van der Waals surface area contributed by atoms with E-state index in [1.165, 1.54) is 0 Å². The summed E-state index contributed by atoms with van der Waals surface area (Å²) in [6.07, 6.45) is 6.43. The largest absolute Gasteiger partial charge is 0.368 e. The van der Waals surface area contributed by atoms with Crippen molar-refractivity contribution in [3.63, 3.8) is 0 Å². The number of hydrogen-bond acceptors (Lipinski definition) is 4. The van der Waals surface area contributed by atoms with Crippen LogP contribution in [0.25, 0.3) is 0 Å². The fraction of sp³-hybridized carbons (Fsp3) is 0.471. The van der Waals surface area contributed by atoms with Gasteiger partial charge in [-0.3, -0.25) is 9.78 Å². The molecule has 0 unspecified atom stereocenters. The number of aryl methyl sites for hydroxylation is 2. The quantitative estimate of drug-likeness (QED) is 0.913. The maximum atomic E-state index is 12.3. The van der Waals surface area contributed by atoms with Crippen LogP contribution >= 0.6 is 0 Å². The number of carbonyl (C=O) groups is 1. The zero-order chi connectivity index (χ0) is 16.2. The van der Waals surface area contributed by atoms with Crippen molar-refractivity contribution in [2.45, 2.75) is 45.4 Å². The van der Waals surface area contributed by atoms with Gasteiger partial charge in [0.25, 0.3) is 0 Å². The molecule has 0 saturated carbocycles. The molecule has 1 aliphatic heterocycles. The predicted octanol–water partition coefficient (Wildman–Crippen LogP) is 1.80. The summed E-state index contributed by atoms with van der Waals surface area (Å²) in [4.78, 5) is 20.9. The molecular formula is C17H22N4O2. The molecule has 1 fully saturated rings. The smallest absolute Gasteiger partial charge is 0.224 e. The van der Waals surface area contributed by atoms with Gasteiger partial charge in [-0.25, -0.2) is 4.98 Å². The Bertz CT molecular complexity index is 665. The minimum absolute atomic E-state index is 0.00856. The highest BCUT2D eigenvalue weighted by molar-refractivity contribution is 5.78. The van der Waals surface area contributed by atoms with Gasteiger partial charge in [0.15, 0.2) is 0 Å². The van der Waals surface area contributed by atoms with Crippen LogP contribution in [-0.4, -0.2) is 33.1 Å². The Morgan fingerprint density at radius 3 is 3.04 bits per heavy atom. The summed E-state index contributed by atoms with van der Waals surface area (Å²) in [6, 6.07) is 3.82. The van der Waals surface area contributed by atoms with E-state index in [-0.39, 0.29) is 18.1 Å². The summed E-state index contributed by atoms with van der Waals surface area (Å²) in [7, 11) is 0. The van der Waals surface area contributed by atoms with Gasteiger partial charge < -0.3 is 14.6 Å². The molecule has 1 saturated heterocycles. The summed E-state index contributed by atoms with van der Waals surface area (Å²) in [5.74, 6) is 0.873. The number of aromatic nitrogens is 3. The lowest BCUT2D eigenvalue weighted by atomic mass is 10.1. The number of carbonyl (C=O) groups excluding carboxylic acids is 1. The molecule has 0 radical (unpaired) electrons. The van der Waals surface area contributed by atoms with Gasteiger partial charge in [0.1, 0.15) is 11.9 Å². The maximum absolute atomic E-state index is 12.3. The van der Waals surface area contributed by atoms with Gasteiger partial charge in [-0.05, 0) is 31.9 Å². The van der Waals surface area contributed by atoms with Gasteiger partial charge in [-0.15, -0.1) is 0 Å². The highest BCUT2D eigenvalue weighted by atomic mass is 16.5. The molecule has 3 rings (SSSR count). The van der Waals surface area contributed by atoms with Gasteiger partial charge in [-0.2, -0.15) is 0 Å². The molecule has 2 aromatic rings. The Hall–Kier alpha value is -2.21. The van der Waals surface area contributed by atoms with Crippen LogP contribution in [-0.2, 0) is 22.5 Å². The van der Waals surface area contributed by atoms with Crippen molar-refractivity contribution in [3.8, 4) is 0 Å². The first-order chi connectivity index (χ1) is 11.2. The molecule has 0 aromatic carbocycles. The van der Waals surface area contributed by atoms with Crippen LogP contribution in [0.3, 0.4) is 0 Å². The number of amides is 1. The average Bonchev–Trinajstić information content (AvgIpc) is 3.17. The van der Waals surface area contributed by atoms with Crippen LogP contribution < -0.4 is 5.32 Å². The molecule has 6 heteroatoms. The number of nitrogens with one attached hydrogen (secondary N) is 1. The lowest BCUT2D eigenvalue weighted by Gasteiger charge is -2.20. The van der Waals surface area contributed by atoms with Crippen LogP contribution in [0.15, 0.2) is 30.7 Å². The van der Waals surface area contributed by atoms with E-state index in [1.807, 2.05) is 25.3 Å². The number of hydrogen-bond donors (Lipinski definition) is 1. The molecule has 6 nitrogen and oxygen atoms in total. The third-order valence-corrected chi connectivity index (χ3v) is 4.12. The first kappa shape index (κ1) is 15.7. The number of nitrogens with zero attached hydrogens (tertiary/aromatic N) is 3. The molecule has 1 aliphatic rings. The Kier molecular flexibility index (Phi) is 4.71. The van der Waals surface area contributed by atoms with Gasteiger partial charge in [-0.1, -0.05) is 6.07 Å². The van der Waals surface area contributed by atoms with E-state index in [0.717, 1.165) is 30.0 Å². The molecule has 0 spiro atoms. The number of ether oxygens (including phenoxy) is 1.